The minimum absolute atomic E-state index is 0.120. The minimum Gasteiger partial charge on any atom is -0.229 e. The summed E-state index contributed by atoms with van der Waals surface area (Å²) in [6.07, 6.45) is 6.22. The lowest BCUT2D eigenvalue weighted by atomic mass is 9.80. The molecule has 23 heavy (non-hydrogen) atoms. The Labute approximate surface area is 140 Å². The first-order chi connectivity index (χ1) is 10.8. The van der Waals surface area contributed by atoms with E-state index >= 15 is 0 Å². The van der Waals surface area contributed by atoms with Crippen LogP contribution in [0, 0.1) is 24.6 Å². The van der Waals surface area contributed by atoms with Crippen molar-refractivity contribution >= 4 is 9.84 Å². The molecule has 1 aliphatic rings. The molecule has 0 unspecified atom stereocenters. The quantitative estimate of drug-likeness (QED) is 0.752. The molecule has 130 valence electrons. The Morgan fingerprint density at radius 1 is 1.13 bits per heavy atom. The fraction of sp³-hybridized carbons (Fsp3) is 0.684. The monoisotopic (exact) mass is 340 g/mol. The number of rotatable bonds is 6. The fourth-order valence-electron chi connectivity index (χ4n) is 3.37. The molecule has 0 saturated heterocycles. The van der Waals surface area contributed by atoms with Crippen molar-refractivity contribution < 1.29 is 12.8 Å². The Kier molecular flexibility index (Phi) is 6.24. The van der Waals surface area contributed by atoms with Crippen LogP contribution in [0.25, 0.3) is 0 Å². The highest BCUT2D eigenvalue weighted by Crippen LogP contribution is 2.33. The second-order valence-electron chi connectivity index (χ2n) is 7.39. The van der Waals surface area contributed by atoms with Crippen LogP contribution in [0.5, 0.6) is 0 Å². The van der Waals surface area contributed by atoms with Gasteiger partial charge in [-0.3, -0.25) is 0 Å². The van der Waals surface area contributed by atoms with Crippen molar-refractivity contribution in [3.63, 3.8) is 0 Å². The van der Waals surface area contributed by atoms with Crippen LogP contribution in [0.15, 0.2) is 18.2 Å². The molecule has 1 aromatic carbocycles. The lowest BCUT2D eigenvalue weighted by Gasteiger charge is -2.28. The molecule has 0 amide bonds. The predicted molar refractivity (Wildman–Crippen MR) is 93.8 cm³/mol. The van der Waals surface area contributed by atoms with E-state index in [0.29, 0.717) is 23.2 Å². The van der Waals surface area contributed by atoms with Gasteiger partial charge >= 0.3 is 0 Å². The molecule has 2 nitrogen and oxygen atoms in total. The van der Waals surface area contributed by atoms with Crippen molar-refractivity contribution in [2.24, 2.45) is 11.8 Å². The Balaban J connectivity index is 1.77. The van der Waals surface area contributed by atoms with Gasteiger partial charge in [-0.15, -0.1) is 0 Å². The van der Waals surface area contributed by atoms with Gasteiger partial charge in [-0.25, -0.2) is 12.8 Å². The molecule has 1 saturated carbocycles. The molecule has 4 heteroatoms. The average molecular weight is 341 g/mol. The summed E-state index contributed by atoms with van der Waals surface area (Å²) in [6.45, 7) is 5.31. The summed E-state index contributed by atoms with van der Waals surface area (Å²) in [5.74, 6) is 1.21. The van der Waals surface area contributed by atoms with Crippen molar-refractivity contribution in [2.75, 3.05) is 5.75 Å². The molecular weight excluding hydrogens is 311 g/mol. The van der Waals surface area contributed by atoms with Gasteiger partial charge in [0.25, 0.3) is 0 Å². The number of benzene rings is 1. The van der Waals surface area contributed by atoms with Gasteiger partial charge in [-0.2, -0.15) is 0 Å². The van der Waals surface area contributed by atoms with E-state index in [-0.39, 0.29) is 11.1 Å². The number of hydrogen-bond donors (Lipinski definition) is 0. The van der Waals surface area contributed by atoms with Crippen LogP contribution in [0.1, 0.15) is 57.1 Å². The third kappa shape index (κ3) is 5.30. The summed E-state index contributed by atoms with van der Waals surface area (Å²) in [6, 6.07) is 5.51. The Morgan fingerprint density at radius 2 is 1.74 bits per heavy atom. The SMILES string of the molecule is Cc1ccc(CCC2CCC(CS(=O)(=O)C(C)C)CC2)cc1F. The molecule has 2 rings (SSSR count). The van der Waals surface area contributed by atoms with Crippen LogP contribution in [0.3, 0.4) is 0 Å². The molecule has 0 N–H and O–H groups in total. The van der Waals surface area contributed by atoms with Crippen LogP contribution in [-0.2, 0) is 16.3 Å². The molecule has 0 spiro atoms. The number of aryl methyl sites for hydroxylation is 2. The van der Waals surface area contributed by atoms with E-state index in [2.05, 4.69) is 0 Å². The molecule has 0 aromatic heterocycles. The first-order valence-electron chi connectivity index (χ1n) is 8.74. The van der Waals surface area contributed by atoms with E-state index in [1.807, 2.05) is 12.1 Å². The normalized spacial score (nSPS) is 22.5. The summed E-state index contributed by atoms with van der Waals surface area (Å²) >= 11 is 0. The lowest BCUT2D eigenvalue weighted by molar-refractivity contribution is 0.278. The van der Waals surface area contributed by atoms with E-state index in [1.165, 1.54) is 0 Å². The topological polar surface area (TPSA) is 34.1 Å². The first-order valence-corrected chi connectivity index (χ1v) is 10.5. The maximum atomic E-state index is 13.6. The molecule has 1 fully saturated rings. The van der Waals surface area contributed by atoms with Crippen molar-refractivity contribution in [3.05, 3.63) is 35.1 Å². The van der Waals surface area contributed by atoms with Crippen molar-refractivity contribution in [1.29, 1.82) is 0 Å². The van der Waals surface area contributed by atoms with E-state index in [0.717, 1.165) is 44.1 Å². The third-order valence-corrected chi connectivity index (χ3v) is 7.60. The van der Waals surface area contributed by atoms with E-state index in [1.54, 1.807) is 26.8 Å². The van der Waals surface area contributed by atoms with Crippen LogP contribution < -0.4 is 0 Å². The molecular formula is C19H29FO2S. The maximum absolute atomic E-state index is 13.6. The molecule has 0 atom stereocenters. The van der Waals surface area contributed by atoms with Gasteiger partial charge in [0.2, 0.25) is 0 Å². The summed E-state index contributed by atoms with van der Waals surface area (Å²) in [4.78, 5) is 0. The zero-order chi connectivity index (χ0) is 17.0. The maximum Gasteiger partial charge on any atom is 0.152 e. The standard InChI is InChI=1S/C19H29FO2S/c1-14(2)23(21,22)13-18-10-7-16(8-11-18)6-9-17-5-4-15(3)19(20)12-17/h4-5,12,14,16,18H,6-11,13H2,1-3H3. The molecule has 0 radical (unpaired) electrons. The van der Waals surface area contributed by atoms with Gasteiger partial charge in [-0.05, 0) is 75.5 Å². The first kappa shape index (κ1) is 18.4. The largest absolute Gasteiger partial charge is 0.229 e. The van der Waals surface area contributed by atoms with Crippen molar-refractivity contribution in [2.45, 2.75) is 64.5 Å². The summed E-state index contributed by atoms with van der Waals surface area (Å²) in [5.41, 5.74) is 1.76. The highest BCUT2D eigenvalue weighted by molar-refractivity contribution is 7.91. The van der Waals surface area contributed by atoms with Gasteiger partial charge in [0.15, 0.2) is 9.84 Å². The van der Waals surface area contributed by atoms with E-state index in [4.69, 9.17) is 0 Å². The average Bonchev–Trinajstić information content (AvgIpc) is 2.49. The summed E-state index contributed by atoms with van der Waals surface area (Å²) < 4.78 is 37.6. The second-order valence-corrected chi connectivity index (χ2v) is 9.99. The molecule has 0 heterocycles. The van der Waals surface area contributed by atoms with Gasteiger partial charge < -0.3 is 0 Å². The Morgan fingerprint density at radius 3 is 2.30 bits per heavy atom. The molecule has 1 aliphatic carbocycles. The summed E-state index contributed by atoms with van der Waals surface area (Å²) in [7, 11) is -2.92. The summed E-state index contributed by atoms with van der Waals surface area (Å²) in [5, 5.41) is -0.267. The number of halogens is 1. The van der Waals surface area contributed by atoms with E-state index in [9.17, 15) is 12.8 Å². The number of hydrogen-bond acceptors (Lipinski definition) is 2. The van der Waals surface area contributed by atoms with Crippen molar-refractivity contribution in [1.82, 2.24) is 0 Å². The molecule has 0 bridgehead atoms. The van der Waals surface area contributed by atoms with Crippen LogP contribution in [0.4, 0.5) is 4.39 Å². The highest BCUT2D eigenvalue weighted by Gasteiger charge is 2.27. The molecule has 1 aromatic rings. The third-order valence-electron chi connectivity index (χ3n) is 5.23. The Bertz CT molecular complexity index is 614. The van der Waals surface area contributed by atoms with Crippen molar-refractivity contribution in [3.8, 4) is 0 Å². The Hall–Kier alpha value is -0.900. The van der Waals surface area contributed by atoms with Gasteiger partial charge in [0, 0.05) is 0 Å². The van der Waals surface area contributed by atoms with E-state index < -0.39 is 9.84 Å². The smallest absolute Gasteiger partial charge is 0.152 e. The zero-order valence-corrected chi connectivity index (χ0v) is 15.3. The van der Waals surface area contributed by atoms with Gasteiger partial charge in [0.05, 0.1) is 11.0 Å². The van der Waals surface area contributed by atoms with Crippen LogP contribution in [0.2, 0.25) is 0 Å². The van der Waals surface area contributed by atoms with Crippen LogP contribution >= 0.6 is 0 Å². The fourth-order valence-corrected chi connectivity index (χ4v) is 4.75. The van der Waals surface area contributed by atoms with Crippen LogP contribution in [-0.4, -0.2) is 19.4 Å². The van der Waals surface area contributed by atoms with Gasteiger partial charge in [-0.1, -0.05) is 25.0 Å². The molecule has 0 aliphatic heterocycles. The predicted octanol–water partition coefficient (Wildman–Crippen LogP) is 4.70. The van der Waals surface area contributed by atoms with Gasteiger partial charge in [0.1, 0.15) is 5.82 Å². The highest BCUT2D eigenvalue weighted by atomic mass is 32.2. The minimum atomic E-state index is -2.92. The zero-order valence-electron chi connectivity index (χ0n) is 14.5. The number of sulfone groups is 1. The lowest BCUT2D eigenvalue weighted by Crippen LogP contribution is -2.26. The second kappa shape index (κ2) is 7.78.